The number of nitrogens with zero attached hydrogens (tertiary/aromatic N) is 1. The van der Waals surface area contributed by atoms with Gasteiger partial charge in [0.05, 0.1) is 26.4 Å². The Morgan fingerprint density at radius 1 is 1.04 bits per heavy atom. The predicted octanol–water partition coefficient (Wildman–Crippen LogP) is 3.09. The minimum absolute atomic E-state index is 0.0332. The van der Waals surface area contributed by atoms with E-state index in [0.29, 0.717) is 25.7 Å². The lowest BCUT2D eigenvalue weighted by Gasteiger charge is -2.16. The Kier molecular flexibility index (Phi) is 9.38. The SMILES string of the molecule is CCNC(=NCc1ccccc1CO)NCC(C)COCc1ccccc1. The summed E-state index contributed by atoms with van der Waals surface area (Å²) in [6.45, 7) is 7.67. The normalized spacial score (nSPS) is 12.6. The van der Waals surface area contributed by atoms with Crippen LogP contribution in [-0.4, -0.2) is 30.8 Å². The lowest BCUT2D eigenvalue weighted by atomic mass is 10.1. The molecule has 2 rings (SSSR count). The second-order valence-electron chi connectivity index (χ2n) is 6.61. The smallest absolute Gasteiger partial charge is 0.191 e. The Morgan fingerprint density at radius 2 is 1.74 bits per heavy atom. The van der Waals surface area contributed by atoms with E-state index in [9.17, 15) is 5.11 Å². The molecule has 0 aliphatic carbocycles. The van der Waals surface area contributed by atoms with Crippen molar-refractivity contribution in [2.45, 2.75) is 33.6 Å². The first-order valence-corrected chi connectivity index (χ1v) is 9.54. The van der Waals surface area contributed by atoms with E-state index in [1.807, 2.05) is 49.4 Å². The van der Waals surface area contributed by atoms with Crippen LogP contribution in [0.15, 0.2) is 59.6 Å². The van der Waals surface area contributed by atoms with E-state index in [2.05, 4.69) is 34.7 Å². The topological polar surface area (TPSA) is 65.9 Å². The number of aliphatic hydroxyl groups excluding tert-OH is 1. The first-order chi connectivity index (χ1) is 13.2. The van der Waals surface area contributed by atoms with Gasteiger partial charge in [0.15, 0.2) is 5.96 Å². The molecule has 0 radical (unpaired) electrons. The Balaban J connectivity index is 1.78. The molecule has 0 aliphatic heterocycles. The average molecular weight is 370 g/mol. The third kappa shape index (κ3) is 7.81. The van der Waals surface area contributed by atoms with Crippen molar-refractivity contribution in [1.82, 2.24) is 10.6 Å². The summed E-state index contributed by atoms with van der Waals surface area (Å²) in [5.74, 6) is 1.14. The van der Waals surface area contributed by atoms with E-state index in [0.717, 1.165) is 30.2 Å². The summed E-state index contributed by atoms with van der Waals surface area (Å²) in [5, 5.41) is 16.1. The highest BCUT2D eigenvalue weighted by molar-refractivity contribution is 5.79. The summed E-state index contributed by atoms with van der Waals surface area (Å²) in [4.78, 5) is 4.63. The van der Waals surface area contributed by atoms with Crippen LogP contribution in [0, 0.1) is 5.92 Å². The van der Waals surface area contributed by atoms with Gasteiger partial charge in [-0.05, 0) is 29.5 Å². The van der Waals surface area contributed by atoms with Crippen molar-refractivity contribution in [2.75, 3.05) is 19.7 Å². The number of hydrogen-bond acceptors (Lipinski definition) is 3. The summed E-state index contributed by atoms with van der Waals surface area (Å²) in [5.41, 5.74) is 3.14. The van der Waals surface area contributed by atoms with Crippen LogP contribution in [0.3, 0.4) is 0 Å². The molecule has 0 bridgehead atoms. The first-order valence-electron chi connectivity index (χ1n) is 9.54. The molecule has 5 nitrogen and oxygen atoms in total. The number of rotatable bonds is 10. The molecular weight excluding hydrogens is 338 g/mol. The molecule has 0 saturated heterocycles. The molecule has 0 heterocycles. The fourth-order valence-electron chi connectivity index (χ4n) is 2.65. The highest BCUT2D eigenvalue weighted by Crippen LogP contribution is 2.09. The number of hydrogen-bond donors (Lipinski definition) is 3. The second kappa shape index (κ2) is 12.1. The molecule has 0 aliphatic rings. The van der Waals surface area contributed by atoms with Gasteiger partial charge in [0.2, 0.25) is 0 Å². The highest BCUT2D eigenvalue weighted by Gasteiger charge is 2.06. The second-order valence-corrected chi connectivity index (χ2v) is 6.61. The zero-order valence-corrected chi connectivity index (χ0v) is 16.3. The summed E-state index contributed by atoms with van der Waals surface area (Å²) in [7, 11) is 0. The van der Waals surface area contributed by atoms with Crippen LogP contribution < -0.4 is 10.6 Å². The number of aliphatic hydroxyl groups is 1. The van der Waals surface area contributed by atoms with Crippen LogP contribution in [0.5, 0.6) is 0 Å². The van der Waals surface area contributed by atoms with E-state index < -0.39 is 0 Å². The van der Waals surface area contributed by atoms with Crippen LogP contribution in [-0.2, 0) is 24.5 Å². The first kappa shape index (κ1) is 20.9. The van der Waals surface area contributed by atoms with Crippen LogP contribution in [0.1, 0.15) is 30.5 Å². The van der Waals surface area contributed by atoms with E-state index in [1.54, 1.807) is 0 Å². The summed E-state index contributed by atoms with van der Waals surface area (Å²) in [6, 6.07) is 18.0. The lowest BCUT2D eigenvalue weighted by molar-refractivity contribution is 0.0931. The molecular formula is C22H31N3O2. The molecule has 0 amide bonds. The maximum Gasteiger partial charge on any atom is 0.191 e. The monoisotopic (exact) mass is 369 g/mol. The molecule has 0 fully saturated rings. The van der Waals surface area contributed by atoms with Gasteiger partial charge >= 0.3 is 0 Å². The number of nitrogens with one attached hydrogen (secondary N) is 2. The molecule has 0 saturated carbocycles. The van der Waals surface area contributed by atoms with Gasteiger partial charge in [0.1, 0.15) is 0 Å². The molecule has 0 spiro atoms. The van der Waals surface area contributed by atoms with Gasteiger partial charge in [0.25, 0.3) is 0 Å². The Morgan fingerprint density at radius 3 is 2.44 bits per heavy atom. The minimum Gasteiger partial charge on any atom is -0.392 e. The molecule has 3 N–H and O–H groups in total. The summed E-state index contributed by atoms with van der Waals surface area (Å²) in [6.07, 6.45) is 0. The van der Waals surface area contributed by atoms with Crippen LogP contribution in [0.2, 0.25) is 0 Å². The maximum absolute atomic E-state index is 9.43. The number of aliphatic imine (C=N–C) groups is 1. The zero-order valence-electron chi connectivity index (χ0n) is 16.3. The molecule has 146 valence electrons. The van der Waals surface area contributed by atoms with Crippen molar-refractivity contribution in [2.24, 2.45) is 10.9 Å². The zero-order chi connectivity index (χ0) is 19.3. The van der Waals surface area contributed by atoms with Crippen LogP contribution in [0.25, 0.3) is 0 Å². The lowest BCUT2D eigenvalue weighted by Crippen LogP contribution is -2.40. The van der Waals surface area contributed by atoms with Gasteiger partial charge in [-0.3, -0.25) is 0 Å². The van der Waals surface area contributed by atoms with Gasteiger partial charge in [-0.25, -0.2) is 4.99 Å². The van der Waals surface area contributed by atoms with Gasteiger partial charge in [-0.1, -0.05) is 61.5 Å². The van der Waals surface area contributed by atoms with Crippen molar-refractivity contribution in [3.8, 4) is 0 Å². The number of benzene rings is 2. The fraction of sp³-hybridized carbons (Fsp3) is 0.409. The summed E-state index contributed by atoms with van der Waals surface area (Å²) >= 11 is 0. The van der Waals surface area contributed by atoms with Crippen molar-refractivity contribution >= 4 is 5.96 Å². The molecule has 27 heavy (non-hydrogen) atoms. The van der Waals surface area contributed by atoms with E-state index >= 15 is 0 Å². The largest absolute Gasteiger partial charge is 0.392 e. The third-order valence-corrected chi connectivity index (χ3v) is 4.17. The summed E-state index contributed by atoms with van der Waals surface area (Å²) < 4.78 is 5.81. The molecule has 2 aromatic carbocycles. The predicted molar refractivity (Wildman–Crippen MR) is 110 cm³/mol. The van der Waals surface area contributed by atoms with Crippen LogP contribution in [0.4, 0.5) is 0 Å². The van der Waals surface area contributed by atoms with Gasteiger partial charge < -0.3 is 20.5 Å². The highest BCUT2D eigenvalue weighted by atomic mass is 16.5. The van der Waals surface area contributed by atoms with Gasteiger partial charge in [-0.2, -0.15) is 0 Å². The van der Waals surface area contributed by atoms with Crippen molar-refractivity contribution in [1.29, 1.82) is 0 Å². The van der Waals surface area contributed by atoms with Gasteiger partial charge in [-0.15, -0.1) is 0 Å². The van der Waals surface area contributed by atoms with Crippen molar-refractivity contribution in [3.63, 3.8) is 0 Å². The Labute approximate surface area is 162 Å². The molecule has 1 unspecified atom stereocenters. The molecule has 0 aromatic heterocycles. The van der Waals surface area contributed by atoms with E-state index in [1.165, 1.54) is 5.56 Å². The minimum atomic E-state index is 0.0332. The molecule has 5 heteroatoms. The number of ether oxygens (including phenoxy) is 1. The quantitative estimate of drug-likeness (QED) is 0.445. The standard InChI is InChI=1S/C22H31N3O2/c1-3-23-22(25-14-20-11-7-8-12-21(20)15-26)24-13-18(2)16-27-17-19-9-5-4-6-10-19/h4-12,18,26H,3,13-17H2,1-2H3,(H2,23,24,25). The third-order valence-electron chi connectivity index (χ3n) is 4.17. The van der Waals surface area contributed by atoms with Crippen molar-refractivity contribution in [3.05, 3.63) is 71.3 Å². The van der Waals surface area contributed by atoms with E-state index in [4.69, 9.17) is 4.74 Å². The van der Waals surface area contributed by atoms with Gasteiger partial charge in [0, 0.05) is 13.1 Å². The fourth-order valence-corrected chi connectivity index (χ4v) is 2.65. The van der Waals surface area contributed by atoms with Crippen LogP contribution >= 0.6 is 0 Å². The van der Waals surface area contributed by atoms with Crippen molar-refractivity contribution < 1.29 is 9.84 Å². The number of guanidine groups is 1. The molecule has 2 aromatic rings. The average Bonchev–Trinajstić information content (AvgIpc) is 2.71. The Hall–Kier alpha value is -2.37. The maximum atomic E-state index is 9.43. The molecule has 1 atom stereocenters. The van der Waals surface area contributed by atoms with E-state index in [-0.39, 0.29) is 6.61 Å². The Bertz CT molecular complexity index is 689.